The fourth-order valence-electron chi connectivity index (χ4n) is 2.65. The minimum Gasteiger partial charge on any atom is -0.465 e. The zero-order valence-corrected chi connectivity index (χ0v) is 16.4. The van der Waals surface area contributed by atoms with Crippen LogP contribution in [0.4, 0.5) is 5.69 Å². The van der Waals surface area contributed by atoms with E-state index >= 15 is 0 Å². The van der Waals surface area contributed by atoms with Gasteiger partial charge in [0.2, 0.25) is 5.91 Å². The first-order valence-electron chi connectivity index (χ1n) is 7.95. The van der Waals surface area contributed by atoms with Gasteiger partial charge in [-0.3, -0.25) is 14.2 Å². The smallest absolute Gasteiger partial charge is 0.348 e. The van der Waals surface area contributed by atoms with E-state index in [0.29, 0.717) is 31.4 Å². The number of nitrogens with zero attached hydrogens (tertiary/aromatic N) is 2. The molecule has 0 fully saturated rings. The second-order valence-corrected chi connectivity index (χ2v) is 7.27. The molecule has 9 heteroatoms. The van der Waals surface area contributed by atoms with E-state index in [0.717, 1.165) is 16.9 Å². The van der Waals surface area contributed by atoms with Crippen LogP contribution in [0.5, 0.6) is 0 Å². The van der Waals surface area contributed by atoms with Crippen molar-refractivity contribution >= 4 is 50.7 Å². The van der Waals surface area contributed by atoms with Crippen molar-refractivity contribution in [1.29, 1.82) is 0 Å². The van der Waals surface area contributed by atoms with Crippen molar-refractivity contribution in [3.63, 3.8) is 0 Å². The summed E-state index contributed by atoms with van der Waals surface area (Å²) in [5, 5.41) is 3.59. The fourth-order valence-corrected chi connectivity index (χ4v) is 3.88. The van der Waals surface area contributed by atoms with Gasteiger partial charge >= 0.3 is 5.97 Å². The van der Waals surface area contributed by atoms with Gasteiger partial charge in [-0.15, -0.1) is 11.3 Å². The number of fused-ring (bicyclic) bond motifs is 1. The number of amides is 1. The summed E-state index contributed by atoms with van der Waals surface area (Å²) in [5.41, 5.74) is 1.43. The number of hydrogen-bond donors (Lipinski definition) is 1. The summed E-state index contributed by atoms with van der Waals surface area (Å²) in [4.78, 5) is 41.9. The number of benzene rings is 1. The van der Waals surface area contributed by atoms with Gasteiger partial charge in [0.25, 0.3) is 5.56 Å². The molecular weight excluding hydrogens is 390 g/mol. The normalized spacial score (nSPS) is 10.8. The number of hydrogen-bond acceptors (Lipinski definition) is 6. The molecule has 140 valence electrons. The van der Waals surface area contributed by atoms with Crippen LogP contribution in [-0.4, -0.2) is 28.5 Å². The van der Waals surface area contributed by atoms with E-state index in [1.807, 2.05) is 0 Å². The number of nitrogens with one attached hydrogen (secondary N) is 1. The molecule has 0 saturated heterocycles. The molecule has 2 heterocycles. The lowest BCUT2D eigenvalue weighted by molar-refractivity contribution is -0.116. The Labute approximate surface area is 163 Å². The van der Waals surface area contributed by atoms with Gasteiger partial charge in [-0.2, -0.15) is 0 Å². The Balaban J connectivity index is 1.91. The third-order valence-corrected chi connectivity index (χ3v) is 5.73. The average Bonchev–Trinajstić information content (AvgIpc) is 2.98. The molecule has 0 bridgehead atoms. The van der Waals surface area contributed by atoms with Crippen molar-refractivity contribution in [3.05, 3.63) is 55.9 Å². The number of thiophene rings is 1. The predicted molar refractivity (Wildman–Crippen MR) is 105 cm³/mol. The molecule has 2 aromatic heterocycles. The average molecular weight is 406 g/mol. The predicted octanol–water partition coefficient (Wildman–Crippen LogP) is 3.15. The zero-order chi connectivity index (χ0) is 19.7. The van der Waals surface area contributed by atoms with Gasteiger partial charge in [0.15, 0.2) is 0 Å². The van der Waals surface area contributed by atoms with Crippen molar-refractivity contribution in [2.75, 3.05) is 12.4 Å². The van der Waals surface area contributed by atoms with Gasteiger partial charge in [0.05, 0.1) is 18.8 Å². The van der Waals surface area contributed by atoms with E-state index in [-0.39, 0.29) is 18.0 Å². The highest BCUT2D eigenvalue weighted by Gasteiger charge is 2.20. The van der Waals surface area contributed by atoms with Gasteiger partial charge in [-0.05, 0) is 37.1 Å². The van der Waals surface area contributed by atoms with Crippen LogP contribution in [0.1, 0.15) is 20.8 Å². The molecule has 0 radical (unpaired) electrons. The molecule has 3 rings (SSSR count). The lowest BCUT2D eigenvalue weighted by atomic mass is 10.2. The zero-order valence-electron chi connectivity index (χ0n) is 14.8. The van der Waals surface area contributed by atoms with Gasteiger partial charge in [0.1, 0.15) is 16.3 Å². The minimum atomic E-state index is -0.518. The van der Waals surface area contributed by atoms with Crippen LogP contribution in [0.2, 0.25) is 5.02 Å². The highest BCUT2D eigenvalue weighted by molar-refractivity contribution is 7.20. The topological polar surface area (TPSA) is 90.3 Å². The number of aryl methyl sites for hydroxylation is 1. The molecule has 1 amide bonds. The van der Waals surface area contributed by atoms with E-state index in [2.05, 4.69) is 10.3 Å². The first-order valence-corrected chi connectivity index (χ1v) is 9.14. The Kier molecular flexibility index (Phi) is 5.29. The van der Waals surface area contributed by atoms with Crippen molar-refractivity contribution < 1.29 is 14.3 Å². The largest absolute Gasteiger partial charge is 0.465 e. The Morgan fingerprint density at radius 3 is 2.74 bits per heavy atom. The molecule has 0 aliphatic rings. The molecule has 27 heavy (non-hydrogen) atoms. The molecule has 0 spiro atoms. The molecule has 0 aliphatic heterocycles. The van der Waals surface area contributed by atoms with Crippen LogP contribution in [0.25, 0.3) is 10.2 Å². The standard InChI is InChI=1S/C18H16ClN3O4S/c1-9-11(19)5-4-6-12(9)21-13(23)7-22-8-20-16-14(17(22)24)10(2)15(27-16)18(25)26-3/h4-6,8H,7H2,1-3H3,(H,21,23). The van der Waals surface area contributed by atoms with E-state index < -0.39 is 5.97 Å². The summed E-state index contributed by atoms with van der Waals surface area (Å²) in [5.74, 6) is -0.902. The van der Waals surface area contributed by atoms with Crippen molar-refractivity contribution in [2.45, 2.75) is 20.4 Å². The fraction of sp³-hybridized carbons (Fsp3) is 0.222. The van der Waals surface area contributed by atoms with Crippen LogP contribution in [0, 0.1) is 13.8 Å². The summed E-state index contributed by atoms with van der Waals surface area (Å²) in [6.45, 7) is 3.24. The Bertz CT molecular complexity index is 1120. The van der Waals surface area contributed by atoms with Gasteiger partial charge in [-0.1, -0.05) is 17.7 Å². The summed E-state index contributed by atoms with van der Waals surface area (Å²) in [6, 6.07) is 5.19. The van der Waals surface area contributed by atoms with Crippen LogP contribution < -0.4 is 10.9 Å². The number of aromatic nitrogens is 2. The SMILES string of the molecule is COC(=O)c1sc2ncn(CC(=O)Nc3cccc(Cl)c3C)c(=O)c2c1C. The number of esters is 1. The molecule has 3 aromatic rings. The van der Waals surface area contributed by atoms with Crippen LogP contribution in [-0.2, 0) is 16.1 Å². The number of ether oxygens (including phenoxy) is 1. The van der Waals surface area contributed by atoms with E-state index in [4.69, 9.17) is 16.3 Å². The molecule has 0 saturated carbocycles. The van der Waals surface area contributed by atoms with E-state index in [1.54, 1.807) is 32.0 Å². The van der Waals surface area contributed by atoms with Gasteiger partial charge in [0, 0.05) is 10.7 Å². The third kappa shape index (κ3) is 3.58. The highest BCUT2D eigenvalue weighted by atomic mass is 35.5. The Morgan fingerprint density at radius 2 is 2.04 bits per heavy atom. The number of anilines is 1. The number of carbonyl (C=O) groups is 2. The number of rotatable bonds is 4. The maximum atomic E-state index is 12.8. The molecular formula is C18H16ClN3O4S. The minimum absolute atomic E-state index is 0.212. The monoisotopic (exact) mass is 405 g/mol. The van der Waals surface area contributed by atoms with Gasteiger partial charge < -0.3 is 10.1 Å². The molecule has 0 aliphatic carbocycles. The van der Waals surface area contributed by atoms with Crippen LogP contribution in [0.3, 0.4) is 0 Å². The molecule has 0 atom stereocenters. The maximum absolute atomic E-state index is 12.8. The van der Waals surface area contributed by atoms with Crippen molar-refractivity contribution in [3.8, 4) is 0 Å². The maximum Gasteiger partial charge on any atom is 0.348 e. The summed E-state index contributed by atoms with van der Waals surface area (Å²) >= 11 is 7.14. The van der Waals surface area contributed by atoms with Crippen molar-refractivity contribution in [1.82, 2.24) is 9.55 Å². The number of carbonyl (C=O) groups excluding carboxylic acids is 2. The third-order valence-electron chi connectivity index (χ3n) is 4.14. The second-order valence-electron chi connectivity index (χ2n) is 5.87. The van der Waals surface area contributed by atoms with Crippen LogP contribution >= 0.6 is 22.9 Å². The lowest BCUT2D eigenvalue weighted by Gasteiger charge is -2.10. The first kappa shape index (κ1) is 19.1. The summed E-state index contributed by atoms with van der Waals surface area (Å²) < 4.78 is 5.94. The summed E-state index contributed by atoms with van der Waals surface area (Å²) in [7, 11) is 1.28. The molecule has 7 nitrogen and oxygen atoms in total. The van der Waals surface area contributed by atoms with Crippen molar-refractivity contribution in [2.24, 2.45) is 0 Å². The van der Waals surface area contributed by atoms with Crippen LogP contribution in [0.15, 0.2) is 29.3 Å². The number of halogens is 1. The van der Waals surface area contributed by atoms with Gasteiger partial charge in [-0.25, -0.2) is 9.78 Å². The summed E-state index contributed by atoms with van der Waals surface area (Å²) in [6.07, 6.45) is 1.30. The quantitative estimate of drug-likeness (QED) is 0.673. The molecule has 1 aromatic carbocycles. The second kappa shape index (κ2) is 7.50. The number of methoxy groups -OCH3 is 1. The van der Waals surface area contributed by atoms with E-state index in [1.165, 1.54) is 18.0 Å². The van der Waals surface area contributed by atoms with E-state index in [9.17, 15) is 14.4 Å². The molecule has 0 unspecified atom stereocenters. The lowest BCUT2D eigenvalue weighted by Crippen LogP contribution is -2.28. The highest BCUT2D eigenvalue weighted by Crippen LogP contribution is 2.27. The first-order chi connectivity index (χ1) is 12.8. The Hall–Kier alpha value is -2.71. The Morgan fingerprint density at radius 1 is 1.30 bits per heavy atom. The molecule has 1 N–H and O–H groups in total.